The lowest BCUT2D eigenvalue weighted by Gasteiger charge is -2.30. The molecule has 5 heteroatoms. The Morgan fingerprint density at radius 2 is 1.82 bits per heavy atom. The van der Waals surface area contributed by atoms with Crippen molar-refractivity contribution in [1.29, 1.82) is 0 Å². The fourth-order valence-electron chi connectivity index (χ4n) is 1.86. The second-order valence-corrected chi connectivity index (χ2v) is 4.73. The van der Waals surface area contributed by atoms with E-state index in [9.17, 15) is 4.79 Å². The van der Waals surface area contributed by atoms with Crippen molar-refractivity contribution >= 4 is 5.97 Å². The number of carbonyl (C=O) groups is 1. The second-order valence-electron chi connectivity index (χ2n) is 4.73. The summed E-state index contributed by atoms with van der Waals surface area (Å²) in [5, 5.41) is 11.9. The Morgan fingerprint density at radius 1 is 1.29 bits per heavy atom. The van der Waals surface area contributed by atoms with Gasteiger partial charge in [-0.25, -0.2) is 0 Å². The number of methoxy groups -OCH3 is 1. The lowest BCUT2D eigenvalue weighted by Crippen LogP contribution is -2.46. The van der Waals surface area contributed by atoms with Crippen molar-refractivity contribution in [2.24, 2.45) is 0 Å². The van der Waals surface area contributed by atoms with E-state index < -0.39 is 12.0 Å². The van der Waals surface area contributed by atoms with Crippen molar-refractivity contribution in [1.82, 2.24) is 10.2 Å². The van der Waals surface area contributed by atoms with Crippen LogP contribution in [0, 0.1) is 0 Å². The predicted molar refractivity (Wildman–Crippen MR) is 68.3 cm³/mol. The molecule has 1 atom stereocenters. The molecule has 0 aromatic carbocycles. The first-order valence-electron chi connectivity index (χ1n) is 6.11. The molecule has 5 nitrogen and oxygen atoms in total. The standard InChI is InChI=1S/C12H26N2O3/c1-9(2)14(10(3)4)7-6-13-11(8-17-5)12(15)16/h9-11,13H,6-8H2,1-5H3,(H,15,16). The molecule has 0 aromatic rings. The first-order valence-corrected chi connectivity index (χ1v) is 6.11. The monoisotopic (exact) mass is 246 g/mol. The summed E-state index contributed by atoms with van der Waals surface area (Å²) in [4.78, 5) is 13.2. The van der Waals surface area contributed by atoms with Gasteiger partial charge in [-0.3, -0.25) is 9.69 Å². The van der Waals surface area contributed by atoms with Gasteiger partial charge in [0.2, 0.25) is 0 Å². The summed E-state index contributed by atoms with van der Waals surface area (Å²) in [6, 6.07) is 0.297. The summed E-state index contributed by atoms with van der Waals surface area (Å²) in [6.45, 7) is 10.2. The highest BCUT2D eigenvalue weighted by Crippen LogP contribution is 2.03. The number of carboxylic acids is 1. The lowest BCUT2D eigenvalue weighted by molar-refractivity contribution is -0.140. The number of hydrogen-bond acceptors (Lipinski definition) is 4. The third-order valence-electron chi connectivity index (χ3n) is 2.72. The Bertz CT molecular complexity index is 212. The summed E-state index contributed by atoms with van der Waals surface area (Å²) < 4.78 is 4.86. The molecule has 0 amide bonds. The Kier molecular flexibility index (Phi) is 8.12. The minimum atomic E-state index is -0.868. The van der Waals surface area contributed by atoms with E-state index in [-0.39, 0.29) is 6.61 Å². The zero-order valence-electron chi connectivity index (χ0n) is 11.6. The molecule has 0 saturated carbocycles. The number of carboxylic acid groups (broad SMARTS) is 1. The number of hydrogen-bond donors (Lipinski definition) is 2. The smallest absolute Gasteiger partial charge is 0.323 e. The normalized spacial score (nSPS) is 13.6. The summed E-state index contributed by atoms with van der Waals surface area (Å²) in [5.41, 5.74) is 0. The summed E-state index contributed by atoms with van der Waals surface area (Å²) in [5.74, 6) is -0.868. The first-order chi connectivity index (χ1) is 7.90. The average Bonchev–Trinajstić information content (AvgIpc) is 2.20. The van der Waals surface area contributed by atoms with Crippen LogP contribution in [0.25, 0.3) is 0 Å². The van der Waals surface area contributed by atoms with Crippen LogP contribution in [-0.2, 0) is 9.53 Å². The van der Waals surface area contributed by atoms with Crippen LogP contribution in [0.3, 0.4) is 0 Å². The fraction of sp³-hybridized carbons (Fsp3) is 0.917. The predicted octanol–water partition coefficient (Wildman–Crippen LogP) is 0.794. The molecular weight excluding hydrogens is 220 g/mol. The Hall–Kier alpha value is -0.650. The fourth-order valence-corrected chi connectivity index (χ4v) is 1.86. The molecule has 0 aliphatic heterocycles. The van der Waals surface area contributed by atoms with E-state index in [1.54, 1.807) is 0 Å². The van der Waals surface area contributed by atoms with E-state index in [0.29, 0.717) is 18.6 Å². The van der Waals surface area contributed by atoms with Crippen LogP contribution >= 0.6 is 0 Å². The van der Waals surface area contributed by atoms with E-state index in [0.717, 1.165) is 6.54 Å². The van der Waals surface area contributed by atoms with Crippen LogP contribution in [0.2, 0.25) is 0 Å². The first kappa shape index (κ1) is 16.4. The van der Waals surface area contributed by atoms with Gasteiger partial charge in [-0.15, -0.1) is 0 Å². The number of nitrogens with one attached hydrogen (secondary N) is 1. The number of rotatable bonds is 9. The van der Waals surface area contributed by atoms with Gasteiger partial charge < -0.3 is 15.2 Å². The van der Waals surface area contributed by atoms with Crippen LogP contribution in [0.15, 0.2) is 0 Å². The van der Waals surface area contributed by atoms with Crippen molar-refractivity contribution in [2.75, 3.05) is 26.8 Å². The topological polar surface area (TPSA) is 61.8 Å². The molecule has 2 N–H and O–H groups in total. The molecule has 0 spiro atoms. The largest absolute Gasteiger partial charge is 0.480 e. The SMILES string of the molecule is COCC(NCCN(C(C)C)C(C)C)C(=O)O. The highest BCUT2D eigenvalue weighted by atomic mass is 16.5. The zero-order valence-corrected chi connectivity index (χ0v) is 11.6. The summed E-state index contributed by atoms with van der Waals surface area (Å²) >= 11 is 0. The summed E-state index contributed by atoms with van der Waals surface area (Å²) in [7, 11) is 1.51. The Labute approximate surface area is 104 Å². The molecule has 0 aliphatic rings. The van der Waals surface area contributed by atoms with Crippen molar-refractivity contribution in [2.45, 2.75) is 45.8 Å². The minimum absolute atomic E-state index is 0.193. The van der Waals surface area contributed by atoms with Gasteiger partial charge in [-0.2, -0.15) is 0 Å². The lowest BCUT2D eigenvalue weighted by atomic mass is 10.2. The molecule has 0 aromatic heterocycles. The van der Waals surface area contributed by atoms with Gasteiger partial charge in [-0.1, -0.05) is 0 Å². The van der Waals surface area contributed by atoms with Gasteiger partial charge in [0.1, 0.15) is 6.04 Å². The molecule has 0 rings (SSSR count). The average molecular weight is 246 g/mol. The molecule has 0 bridgehead atoms. The zero-order chi connectivity index (χ0) is 13.4. The van der Waals surface area contributed by atoms with E-state index in [2.05, 4.69) is 37.9 Å². The molecule has 0 saturated heterocycles. The number of ether oxygens (including phenoxy) is 1. The number of aliphatic carboxylic acids is 1. The van der Waals surface area contributed by atoms with E-state index in [1.807, 2.05) is 0 Å². The highest BCUT2D eigenvalue weighted by molar-refractivity contribution is 5.73. The van der Waals surface area contributed by atoms with Crippen molar-refractivity contribution in [3.8, 4) is 0 Å². The molecule has 0 radical (unpaired) electrons. The van der Waals surface area contributed by atoms with Crippen LogP contribution in [0.1, 0.15) is 27.7 Å². The van der Waals surface area contributed by atoms with Gasteiger partial charge in [0, 0.05) is 32.3 Å². The Morgan fingerprint density at radius 3 is 2.18 bits per heavy atom. The quantitative estimate of drug-likeness (QED) is 0.630. The van der Waals surface area contributed by atoms with Crippen molar-refractivity contribution in [3.05, 3.63) is 0 Å². The Balaban J connectivity index is 4.05. The van der Waals surface area contributed by atoms with Crippen LogP contribution in [0.5, 0.6) is 0 Å². The number of nitrogens with zero attached hydrogens (tertiary/aromatic N) is 1. The van der Waals surface area contributed by atoms with Crippen molar-refractivity contribution < 1.29 is 14.6 Å². The maximum atomic E-state index is 10.9. The van der Waals surface area contributed by atoms with Gasteiger partial charge in [0.05, 0.1) is 6.61 Å². The van der Waals surface area contributed by atoms with E-state index in [1.165, 1.54) is 7.11 Å². The molecule has 1 unspecified atom stereocenters. The van der Waals surface area contributed by atoms with E-state index in [4.69, 9.17) is 9.84 Å². The molecule has 0 fully saturated rings. The molecule has 0 heterocycles. The van der Waals surface area contributed by atoms with E-state index >= 15 is 0 Å². The molecular formula is C12H26N2O3. The maximum absolute atomic E-state index is 10.9. The summed E-state index contributed by atoms with van der Waals surface area (Å²) in [6.07, 6.45) is 0. The second kappa shape index (κ2) is 8.44. The van der Waals surface area contributed by atoms with Gasteiger partial charge in [-0.05, 0) is 27.7 Å². The van der Waals surface area contributed by atoms with Crippen LogP contribution < -0.4 is 5.32 Å². The van der Waals surface area contributed by atoms with Crippen LogP contribution in [-0.4, -0.2) is 60.9 Å². The molecule has 0 aliphatic carbocycles. The van der Waals surface area contributed by atoms with Gasteiger partial charge >= 0.3 is 5.97 Å². The third-order valence-corrected chi connectivity index (χ3v) is 2.72. The maximum Gasteiger partial charge on any atom is 0.323 e. The van der Waals surface area contributed by atoms with Crippen LogP contribution in [0.4, 0.5) is 0 Å². The van der Waals surface area contributed by atoms with Gasteiger partial charge in [0.15, 0.2) is 0 Å². The third kappa shape index (κ3) is 6.61. The highest BCUT2D eigenvalue weighted by Gasteiger charge is 2.18. The van der Waals surface area contributed by atoms with Crippen molar-refractivity contribution in [3.63, 3.8) is 0 Å². The minimum Gasteiger partial charge on any atom is -0.480 e. The molecule has 102 valence electrons. The van der Waals surface area contributed by atoms with Gasteiger partial charge in [0.25, 0.3) is 0 Å². The molecule has 17 heavy (non-hydrogen) atoms.